The predicted octanol–water partition coefficient (Wildman–Crippen LogP) is 9.19. The van der Waals surface area contributed by atoms with Crippen molar-refractivity contribution in [2.75, 3.05) is 5.32 Å². The first kappa shape index (κ1) is 20.3. The lowest BCUT2D eigenvalue weighted by molar-refractivity contribution is 1.52. The molecule has 5 aromatic rings. The minimum atomic E-state index is 1.07. The predicted molar refractivity (Wildman–Crippen MR) is 140 cm³/mol. The van der Waals surface area contributed by atoms with Crippen LogP contribution in [0.5, 0.6) is 0 Å². The first-order valence-electron chi connectivity index (χ1n) is 10.6. The highest BCUT2D eigenvalue weighted by Gasteiger charge is 2.08. The Morgan fingerprint density at radius 2 is 0.781 bits per heavy atom. The highest BCUT2D eigenvalue weighted by atomic mass is 79.9. The first-order valence-corrected chi connectivity index (χ1v) is 11.4. The van der Waals surface area contributed by atoms with E-state index in [0.29, 0.717) is 0 Å². The van der Waals surface area contributed by atoms with Gasteiger partial charge in [0.05, 0.1) is 0 Å². The average Bonchev–Trinajstić information content (AvgIpc) is 2.87. The Kier molecular flexibility index (Phi) is 5.87. The van der Waals surface area contributed by atoms with Crippen LogP contribution in [0.25, 0.3) is 33.4 Å². The quantitative estimate of drug-likeness (QED) is 0.267. The lowest BCUT2D eigenvalue weighted by atomic mass is 9.93. The van der Waals surface area contributed by atoms with Crippen LogP contribution in [0.15, 0.2) is 132 Å². The van der Waals surface area contributed by atoms with Gasteiger partial charge in [0, 0.05) is 15.8 Å². The molecule has 0 saturated heterocycles. The summed E-state index contributed by atoms with van der Waals surface area (Å²) in [5, 5.41) is 3.46. The van der Waals surface area contributed by atoms with Crippen molar-refractivity contribution in [3.8, 4) is 33.4 Å². The van der Waals surface area contributed by atoms with Gasteiger partial charge in [-0.15, -0.1) is 0 Å². The van der Waals surface area contributed by atoms with Gasteiger partial charge in [-0.05, 0) is 69.8 Å². The molecule has 0 aliphatic rings. The Hall–Kier alpha value is -3.62. The minimum absolute atomic E-state index is 1.07. The zero-order chi connectivity index (χ0) is 21.8. The Balaban J connectivity index is 1.41. The number of halogens is 1. The summed E-state index contributed by atoms with van der Waals surface area (Å²) in [5.74, 6) is 0. The van der Waals surface area contributed by atoms with Crippen LogP contribution in [0, 0.1) is 0 Å². The molecule has 0 aliphatic carbocycles. The second kappa shape index (κ2) is 9.25. The third kappa shape index (κ3) is 4.51. The molecule has 0 atom stereocenters. The smallest absolute Gasteiger partial charge is 0.0384 e. The van der Waals surface area contributed by atoms with Gasteiger partial charge in [-0.1, -0.05) is 107 Å². The molecule has 0 saturated carbocycles. The summed E-state index contributed by atoms with van der Waals surface area (Å²) in [5.41, 5.74) is 9.50. The van der Waals surface area contributed by atoms with Crippen LogP contribution in [0.2, 0.25) is 0 Å². The van der Waals surface area contributed by atoms with Crippen molar-refractivity contribution in [1.29, 1.82) is 0 Å². The van der Waals surface area contributed by atoms with Crippen LogP contribution in [0.4, 0.5) is 11.4 Å². The first-order chi connectivity index (χ1) is 15.8. The van der Waals surface area contributed by atoms with E-state index in [2.05, 4.69) is 130 Å². The summed E-state index contributed by atoms with van der Waals surface area (Å²) in [6, 6.07) is 44.7. The van der Waals surface area contributed by atoms with Crippen molar-refractivity contribution < 1.29 is 0 Å². The minimum Gasteiger partial charge on any atom is -0.356 e. The van der Waals surface area contributed by atoms with Gasteiger partial charge in [0.1, 0.15) is 0 Å². The molecule has 1 N–H and O–H groups in total. The normalized spacial score (nSPS) is 10.7. The third-order valence-corrected chi connectivity index (χ3v) is 6.09. The Labute approximate surface area is 197 Å². The van der Waals surface area contributed by atoms with Crippen molar-refractivity contribution in [1.82, 2.24) is 0 Å². The van der Waals surface area contributed by atoms with Gasteiger partial charge < -0.3 is 5.32 Å². The van der Waals surface area contributed by atoms with Crippen LogP contribution in [-0.4, -0.2) is 0 Å². The number of anilines is 2. The van der Waals surface area contributed by atoms with E-state index in [9.17, 15) is 0 Å². The van der Waals surface area contributed by atoms with E-state index in [-0.39, 0.29) is 0 Å². The lowest BCUT2D eigenvalue weighted by Crippen LogP contribution is -1.90. The maximum Gasteiger partial charge on any atom is 0.0384 e. The summed E-state index contributed by atoms with van der Waals surface area (Å²) in [6.45, 7) is 0. The van der Waals surface area contributed by atoms with E-state index < -0.39 is 0 Å². The molecular weight excluding hydrogens is 454 g/mol. The van der Waals surface area contributed by atoms with Gasteiger partial charge >= 0.3 is 0 Å². The maximum atomic E-state index is 3.48. The van der Waals surface area contributed by atoms with E-state index in [4.69, 9.17) is 0 Å². The topological polar surface area (TPSA) is 12.0 Å². The van der Waals surface area contributed by atoms with Crippen LogP contribution in [0.3, 0.4) is 0 Å². The zero-order valence-electron chi connectivity index (χ0n) is 17.5. The molecule has 32 heavy (non-hydrogen) atoms. The number of hydrogen-bond acceptors (Lipinski definition) is 1. The van der Waals surface area contributed by atoms with Gasteiger partial charge in [-0.25, -0.2) is 0 Å². The molecule has 0 fully saturated rings. The van der Waals surface area contributed by atoms with Crippen molar-refractivity contribution >= 4 is 27.3 Å². The van der Waals surface area contributed by atoms with Crippen molar-refractivity contribution in [3.63, 3.8) is 0 Å². The average molecular weight is 476 g/mol. The van der Waals surface area contributed by atoms with Crippen LogP contribution < -0.4 is 5.32 Å². The molecule has 154 valence electrons. The molecule has 0 aliphatic heterocycles. The SMILES string of the molecule is Brc1ccc(Nc2ccc(-c3ccccc3-c3ccc(-c4ccccc4)cc3)cc2)cc1. The lowest BCUT2D eigenvalue weighted by Gasteiger charge is -2.12. The monoisotopic (exact) mass is 475 g/mol. The van der Waals surface area contributed by atoms with E-state index in [1.807, 2.05) is 18.2 Å². The van der Waals surface area contributed by atoms with Crippen LogP contribution >= 0.6 is 15.9 Å². The molecule has 0 heterocycles. The fraction of sp³-hybridized carbons (Fsp3) is 0. The third-order valence-electron chi connectivity index (χ3n) is 5.56. The highest BCUT2D eigenvalue weighted by molar-refractivity contribution is 9.10. The number of hydrogen-bond donors (Lipinski definition) is 1. The van der Waals surface area contributed by atoms with E-state index in [0.717, 1.165) is 15.8 Å². The molecular formula is C30H22BrN. The van der Waals surface area contributed by atoms with Gasteiger partial charge in [0.2, 0.25) is 0 Å². The van der Waals surface area contributed by atoms with Crippen LogP contribution in [0.1, 0.15) is 0 Å². The van der Waals surface area contributed by atoms with Gasteiger partial charge in [-0.3, -0.25) is 0 Å². The fourth-order valence-corrected chi connectivity index (χ4v) is 4.16. The molecule has 0 radical (unpaired) electrons. The van der Waals surface area contributed by atoms with E-state index in [1.165, 1.54) is 33.4 Å². The number of rotatable bonds is 5. The van der Waals surface area contributed by atoms with Crippen molar-refractivity contribution in [3.05, 3.63) is 132 Å². The summed E-state index contributed by atoms with van der Waals surface area (Å²) >= 11 is 3.48. The van der Waals surface area contributed by atoms with Gasteiger partial charge in [0.15, 0.2) is 0 Å². The molecule has 0 bridgehead atoms. The second-order valence-electron chi connectivity index (χ2n) is 7.70. The summed E-state index contributed by atoms with van der Waals surface area (Å²) in [4.78, 5) is 0. The molecule has 0 amide bonds. The molecule has 5 rings (SSSR count). The van der Waals surface area contributed by atoms with E-state index >= 15 is 0 Å². The Bertz CT molecular complexity index is 1310. The second-order valence-corrected chi connectivity index (χ2v) is 8.61. The van der Waals surface area contributed by atoms with Gasteiger partial charge in [-0.2, -0.15) is 0 Å². The Morgan fingerprint density at radius 1 is 0.375 bits per heavy atom. The highest BCUT2D eigenvalue weighted by Crippen LogP contribution is 2.34. The van der Waals surface area contributed by atoms with Crippen molar-refractivity contribution in [2.45, 2.75) is 0 Å². The number of nitrogens with one attached hydrogen (secondary N) is 1. The largest absolute Gasteiger partial charge is 0.356 e. The summed E-state index contributed by atoms with van der Waals surface area (Å²) < 4.78 is 1.08. The molecule has 5 aromatic carbocycles. The summed E-state index contributed by atoms with van der Waals surface area (Å²) in [6.07, 6.45) is 0. The molecule has 0 aromatic heterocycles. The molecule has 1 nitrogen and oxygen atoms in total. The van der Waals surface area contributed by atoms with Crippen molar-refractivity contribution in [2.24, 2.45) is 0 Å². The molecule has 2 heteroatoms. The molecule has 0 spiro atoms. The van der Waals surface area contributed by atoms with Gasteiger partial charge in [0.25, 0.3) is 0 Å². The van der Waals surface area contributed by atoms with Crippen LogP contribution in [-0.2, 0) is 0 Å². The summed E-state index contributed by atoms with van der Waals surface area (Å²) in [7, 11) is 0. The molecule has 0 unspecified atom stereocenters. The maximum absolute atomic E-state index is 3.48. The Morgan fingerprint density at radius 3 is 1.34 bits per heavy atom. The van der Waals surface area contributed by atoms with E-state index in [1.54, 1.807) is 0 Å². The standard InChI is InChI=1S/C30H22BrN/c31-26-16-20-28(21-17-26)32-27-18-14-25(15-19-27)30-9-5-4-8-29(30)24-12-10-23(11-13-24)22-6-2-1-3-7-22/h1-21,32H. The number of benzene rings is 5. The fourth-order valence-electron chi connectivity index (χ4n) is 3.89. The zero-order valence-corrected chi connectivity index (χ0v) is 19.1.